The lowest BCUT2D eigenvalue weighted by atomic mass is 9.90. The lowest BCUT2D eigenvalue weighted by Crippen LogP contribution is -2.58. The highest BCUT2D eigenvalue weighted by atomic mass is 35.5. The van der Waals surface area contributed by atoms with E-state index in [1.165, 1.54) is 17.8 Å². The molecule has 260 valence electrons. The van der Waals surface area contributed by atoms with Crippen LogP contribution in [-0.2, 0) is 4.79 Å². The molecule has 15 heteroatoms. The fourth-order valence-electron chi connectivity index (χ4n) is 7.25. The summed E-state index contributed by atoms with van der Waals surface area (Å²) in [6.45, 7) is 8.97. The number of halogens is 6. The van der Waals surface area contributed by atoms with Crippen molar-refractivity contribution in [1.82, 2.24) is 19.4 Å². The number of likely N-dealkylation sites (tertiary alicyclic amines) is 1. The topological polar surface area (TPSA) is 61.7 Å². The fourth-order valence-corrected chi connectivity index (χ4v) is 8.96. The van der Waals surface area contributed by atoms with Gasteiger partial charge in [0.25, 0.3) is 6.43 Å². The van der Waals surface area contributed by atoms with Gasteiger partial charge in [0.2, 0.25) is 5.91 Å². The number of rotatable bonds is 7. The molecule has 48 heavy (non-hydrogen) atoms. The number of thioether (sulfide) groups is 1. The van der Waals surface area contributed by atoms with Crippen LogP contribution in [0.5, 0.6) is 0 Å². The SMILES string of the molecule is C=CC(=O)N1C[C@H](C)N(c2nc(=O)n3c4c(c(-c5cc(F)c(F)cc5F)c(Cl)cc24)SC[C@@H]3CC2CCN(CC(F)F)CC2)C[C@H]1C.S. The van der Waals surface area contributed by atoms with Gasteiger partial charge >= 0.3 is 5.69 Å². The van der Waals surface area contributed by atoms with Crippen molar-refractivity contribution in [2.24, 2.45) is 5.92 Å². The monoisotopic (exact) mass is 729 g/mol. The van der Waals surface area contributed by atoms with E-state index in [0.29, 0.717) is 78.9 Å². The second-order valence-corrected chi connectivity index (χ2v) is 14.1. The highest BCUT2D eigenvalue weighted by Gasteiger charge is 2.37. The van der Waals surface area contributed by atoms with Gasteiger partial charge in [-0.25, -0.2) is 26.7 Å². The first-order valence-electron chi connectivity index (χ1n) is 15.6. The zero-order valence-electron chi connectivity index (χ0n) is 26.5. The Bertz CT molecular complexity index is 1790. The van der Waals surface area contributed by atoms with Crippen molar-refractivity contribution in [2.75, 3.05) is 43.4 Å². The van der Waals surface area contributed by atoms with Gasteiger partial charge in [-0.3, -0.25) is 14.3 Å². The molecule has 0 N–H and O–H groups in total. The standard InChI is InChI=1S/C33H35ClF5N5O2S.H2S/c1-4-28(45)42-13-18(3)43(14-17(42)2)32-22-10-23(34)29(21-11-25(36)26(37)12-24(21)35)31-30(22)44(33(46)40-32)20(16-47-31)9-19-5-7-41(8-6-19)15-27(38)39;/h4,10-12,17-20,27H,1,5-9,13-16H2,2-3H3;1H2/t17-,18+,20+;/m1./s1. The largest absolute Gasteiger partial charge is 0.350 e. The number of alkyl halides is 2. The summed E-state index contributed by atoms with van der Waals surface area (Å²) in [4.78, 5) is 37.1. The van der Waals surface area contributed by atoms with Crippen LogP contribution < -0.4 is 10.6 Å². The number of aromatic nitrogens is 2. The summed E-state index contributed by atoms with van der Waals surface area (Å²) in [6.07, 6.45) is 0.896. The number of anilines is 1. The van der Waals surface area contributed by atoms with E-state index in [1.807, 2.05) is 18.7 Å². The summed E-state index contributed by atoms with van der Waals surface area (Å²) in [5.74, 6) is -2.79. The molecule has 2 fully saturated rings. The summed E-state index contributed by atoms with van der Waals surface area (Å²) >= 11 is 8.22. The van der Waals surface area contributed by atoms with Gasteiger partial charge in [0, 0.05) is 64.4 Å². The molecule has 0 unspecified atom stereocenters. The van der Waals surface area contributed by atoms with Crippen LogP contribution in [0.4, 0.5) is 27.8 Å². The number of hydrogen-bond acceptors (Lipinski definition) is 6. The van der Waals surface area contributed by atoms with Crippen LogP contribution in [0.15, 0.2) is 40.5 Å². The van der Waals surface area contributed by atoms with E-state index in [4.69, 9.17) is 11.6 Å². The number of carbonyl (C=O) groups is 1. The molecule has 2 saturated heterocycles. The van der Waals surface area contributed by atoms with Gasteiger partial charge in [0.05, 0.1) is 17.1 Å². The molecular formula is C33H37ClF5N5O2S2. The van der Waals surface area contributed by atoms with Crippen molar-refractivity contribution in [3.05, 3.63) is 63.8 Å². The lowest BCUT2D eigenvalue weighted by molar-refractivity contribution is -0.128. The molecule has 6 rings (SSSR count). The van der Waals surface area contributed by atoms with Crippen molar-refractivity contribution in [3.63, 3.8) is 0 Å². The minimum Gasteiger partial charge on any atom is -0.349 e. The van der Waals surface area contributed by atoms with Crippen molar-refractivity contribution in [2.45, 2.75) is 62.6 Å². The predicted octanol–water partition coefficient (Wildman–Crippen LogP) is 6.87. The van der Waals surface area contributed by atoms with Crippen LogP contribution in [0.25, 0.3) is 22.0 Å². The van der Waals surface area contributed by atoms with Crippen LogP contribution in [-0.4, -0.2) is 82.2 Å². The van der Waals surface area contributed by atoms with Crippen molar-refractivity contribution in [3.8, 4) is 11.1 Å². The average Bonchev–Trinajstić information content (AvgIpc) is 3.02. The molecule has 2 aromatic carbocycles. The number of piperazine rings is 1. The van der Waals surface area contributed by atoms with Crippen molar-refractivity contribution >= 4 is 59.5 Å². The van der Waals surface area contributed by atoms with Gasteiger partial charge < -0.3 is 9.80 Å². The Labute approximate surface area is 291 Å². The minimum absolute atomic E-state index is 0. The first-order chi connectivity index (χ1) is 22.4. The van der Waals surface area contributed by atoms with Gasteiger partial charge in [-0.1, -0.05) is 18.2 Å². The van der Waals surface area contributed by atoms with Crippen LogP contribution in [0.1, 0.15) is 39.2 Å². The zero-order chi connectivity index (χ0) is 33.7. The smallest absolute Gasteiger partial charge is 0.349 e. The molecule has 7 nitrogen and oxygen atoms in total. The Balaban J connectivity index is 0.00000451. The maximum Gasteiger partial charge on any atom is 0.350 e. The molecule has 0 spiro atoms. The Morgan fingerprint density at radius 3 is 2.44 bits per heavy atom. The second kappa shape index (κ2) is 14.6. The van der Waals surface area contributed by atoms with Crippen LogP contribution in [0.2, 0.25) is 5.02 Å². The Hall–Kier alpha value is -2.81. The van der Waals surface area contributed by atoms with E-state index in [2.05, 4.69) is 11.6 Å². The van der Waals surface area contributed by atoms with Crippen molar-refractivity contribution < 1.29 is 26.7 Å². The number of piperidine rings is 1. The molecule has 3 atom stereocenters. The van der Waals surface area contributed by atoms with Gasteiger partial charge in [-0.05, 0) is 70.3 Å². The van der Waals surface area contributed by atoms with E-state index >= 15 is 4.39 Å². The van der Waals surface area contributed by atoms with Crippen molar-refractivity contribution in [1.29, 1.82) is 0 Å². The summed E-state index contributed by atoms with van der Waals surface area (Å²) in [7, 11) is 0. The Morgan fingerprint density at radius 2 is 1.77 bits per heavy atom. The number of hydrogen-bond donors (Lipinski definition) is 0. The second-order valence-electron chi connectivity index (χ2n) is 12.7. The molecule has 0 saturated carbocycles. The maximum atomic E-state index is 15.2. The van der Waals surface area contributed by atoms with Gasteiger partial charge in [0.15, 0.2) is 11.6 Å². The lowest BCUT2D eigenvalue weighted by Gasteiger charge is -2.45. The Morgan fingerprint density at radius 1 is 1.08 bits per heavy atom. The van der Waals surface area contributed by atoms with E-state index < -0.39 is 29.6 Å². The molecule has 1 aromatic heterocycles. The highest BCUT2D eigenvalue weighted by Crippen LogP contribution is 2.49. The molecule has 4 heterocycles. The van der Waals surface area contributed by atoms with Crippen LogP contribution in [0.3, 0.4) is 0 Å². The van der Waals surface area contributed by atoms with Gasteiger partial charge in [-0.2, -0.15) is 18.5 Å². The fraction of sp³-hybridized carbons (Fsp3) is 0.485. The van der Waals surface area contributed by atoms with Gasteiger partial charge in [0.1, 0.15) is 11.6 Å². The summed E-state index contributed by atoms with van der Waals surface area (Å²) in [5, 5.41) is 0.632. The van der Waals surface area contributed by atoms with E-state index in [0.717, 1.165) is 6.07 Å². The van der Waals surface area contributed by atoms with Crippen LogP contribution in [0, 0.1) is 23.4 Å². The van der Waals surface area contributed by atoms with E-state index in [1.54, 1.807) is 20.4 Å². The normalized spacial score (nSPS) is 21.9. The third kappa shape index (κ3) is 6.82. The first-order valence-corrected chi connectivity index (χ1v) is 17.0. The molecule has 1 amide bonds. The maximum absolute atomic E-state index is 15.2. The molecule has 0 radical (unpaired) electrons. The third-order valence-corrected chi connectivity index (χ3v) is 11.1. The average molecular weight is 730 g/mol. The molecule has 0 bridgehead atoms. The zero-order valence-corrected chi connectivity index (χ0v) is 29.1. The molecular weight excluding hydrogens is 693 g/mol. The quantitative estimate of drug-likeness (QED) is 0.150. The highest BCUT2D eigenvalue weighted by molar-refractivity contribution is 7.99. The van der Waals surface area contributed by atoms with E-state index in [-0.39, 0.29) is 66.1 Å². The summed E-state index contributed by atoms with van der Waals surface area (Å²) in [5.41, 5.74) is -0.103. The van der Waals surface area contributed by atoms with E-state index in [9.17, 15) is 27.2 Å². The van der Waals surface area contributed by atoms with Gasteiger partial charge in [-0.15, -0.1) is 11.8 Å². The molecule has 3 aliphatic heterocycles. The van der Waals surface area contributed by atoms with Crippen LogP contribution >= 0.6 is 36.9 Å². The number of carbonyl (C=O) groups excluding carboxylic acids is 1. The summed E-state index contributed by atoms with van der Waals surface area (Å²) < 4.78 is 71.2. The molecule has 3 aromatic rings. The minimum atomic E-state index is -2.40. The first kappa shape index (κ1) is 36.5. The number of benzene rings is 2. The number of nitrogens with zero attached hydrogens (tertiary/aromatic N) is 5. The predicted molar refractivity (Wildman–Crippen MR) is 184 cm³/mol. The Kier molecular flexibility index (Phi) is 11.1. The third-order valence-electron chi connectivity index (χ3n) is 9.59. The number of amides is 1. The molecule has 0 aliphatic carbocycles. The summed E-state index contributed by atoms with van der Waals surface area (Å²) in [6, 6.07) is 2.08. The molecule has 3 aliphatic rings.